The zero-order valence-corrected chi connectivity index (χ0v) is 9.62. The Morgan fingerprint density at radius 2 is 2.20 bits per heavy atom. The highest BCUT2D eigenvalue weighted by molar-refractivity contribution is 4.84. The van der Waals surface area contributed by atoms with Crippen molar-refractivity contribution in [2.75, 3.05) is 6.61 Å². The van der Waals surface area contributed by atoms with Gasteiger partial charge in [0.25, 0.3) is 5.89 Å². The van der Waals surface area contributed by atoms with Gasteiger partial charge in [-0.15, -0.1) is 0 Å². The molecule has 0 aliphatic rings. The molecule has 0 fully saturated rings. The Morgan fingerprint density at radius 1 is 1.47 bits per heavy atom. The van der Waals surface area contributed by atoms with Crippen molar-refractivity contribution in [2.45, 2.75) is 45.8 Å². The molecule has 15 heavy (non-hydrogen) atoms. The van der Waals surface area contributed by atoms with Gasteiger partial charge in [0.2, 0.25) is 0 Å². The third-order valence-corrected chi connectivity index (χ3v) is 1.68. The van der Waals surface area contributed by atoms with E-state index in [9.17, 15) is 0 Å². The van der Waals surface area contributed by atoms with Crippen molar-refractivity contribution in [1.29, 1.82) is 0 Å². The van der Waals surface area contributed by atoms with E-state index < -0.39 is 0 Å². The van der Waals surface area contributed by atoms with Crippen LogP contribution in [0.25, 0.3) is 0 Å². The summed E-state index contributed by atoms with van der Waals surface area (Å²) in [5.41, 5.74) is 5.43. The summed E-state index contributed by atoms with van der Waals surface area (Å²) in [6.45, 7) is 6.69. The van der Waals surface area contributed by atoms with Crippen molar-refractivity contribution >= 4 is 0 Å². The van der Waals surface area contributed by atoms with Gasteiger partial charge in [-0.1, -0.05) is 12.1 Å². The average Bonchev–Trinajstić information content (AvgIpc) is 2.51. The molecule has 0 bridgehead atoms. The van der Waals surface area contributed by atoms with Crippen LogP contribution in [0.2, 0.25) is 0 Å². The zero-order chi connectivity index (χ0) is 11.3. The van der Waals surface area contributed by atoms with Gasteiger partial charge in [0.05, 0.1) is 6.61 Å². The van der Waals surface area contributed by atoms with Gasteiger partial charge >= 0.3 is 0 Å². The van der Waals surface area contributed by atoms with Gasteiger partial charge in [0.15, 0.2) is 5.82 Å². The van der Waals surface area contributed by atoms with Crippen molar-refractivity contribution < 1.29 is 9.26 Å². The Labute approximate surface area is 90.0 Å². The van der Waals surface area contributed by atoms with E-state index in [0.717, 1.165) is 18.7 Å². The molecule has 0 aliphatic carbocycles. The Kier molecular flexibility index (Phi) is 4.23. The maximum atomic E-state index is 5.76. The van der Waals surface area contributed by atoms with Gasteiger partial charge in [-0.2, -0.15) is 4.98 Å². The standard InChI is InChI=1S/C10H19N3O2/c1-4-5-8-12-9(15-13-8)6-14-7-10(2,3)11/h4-7,11H2,1-3H3. The molecule has 1 aromatic heterocycles. The fourth-order valence-electron chi connectivity index (χ4n) is 1.08. The molecule has 5 nitrogen and oxygen atoms in total. The number of aromatic nitrogens is 2. The molecule has 1 rings (SSSR count). The van der Waals surface area contributed by atoms with Crippen LogP contribution in [0, 0.1) is 0 Å². The number of nitrogens with two attached hydrogens (primary N) is 1. The normalized spacial score (nSPS) is 12.0. The number of hydrogen-bond donors (Lipinski definition) is 1. The first-order valence-corrected chi connectivity index (χ1v) is 5.19. The summed E-state index contributed by atoms with van der Waals surface area (Å²) in [6.07, 6.45) is 1.85. The second kappa shape index (κ2) is 5.23. The van der Waals surface area contributed by atoms with Crippen molar-refractivity contribution in [3.05, 3.63) is 11.7 Å². The number of ether oxygens (including phenoxy) is 1. The Balaban J connectivity index is 2.31. The highest BCUT2D eigenvalue weighted by Crippen LogP contribution is 2.04. The molecule has 2 N–H and O–H groups in total. The minimum absolute atomic E-state index is 0.327. The molecule has 86 valence electrons. The van der Waals surface area contributed by atoms with Crippen LogP contribution in [0.4, 0.5) is 0 Å². The van der Waals surface area contributed by atoms with E-state index in [-0.39, 0.29) is 5.54 Å². The number of rotatable bonds is 6. The van der Waals surface area contributed by atoms with Crippen molar-refractivity contribution in [3.8, 4) is 0 Å². The Bertz CT molecular complexity index is 291. The quantitative estimate of drug-likeness (QED) is 0.770. The van der Waals surface area contributed by atoms with Crippen LogP contribution in [-0.2, 0) is 17.8 Å². The highest BCUT2D eigenvalue weighted by atomic mass is 16.5. The molecule has 0 aliphatic heterocycles. The van der Waals surface area contributed by atoms with E-state index in [1.807, 2.05) is 13.8 Å². The summed E-state index contributed by atoms with van der Waals surface area (Å²) >= 11 is 0. The largest absolute Gasteiger partial charge is 0.370 e. The summed E-state index contributed by atoms with van der Waals surface area (Å²) in [5, 5.41) is 3.82. The maximum Gasteiger partial charge on any atom is 0.252 e. The third-order valence-electron chi connectivity index (χ3n) is 1.68. The van der Waals surface area contributed by atoms with E-state index >= 15 is 0 Å². The van der Waals surface area contributed by atoms with Gasteiger partial charge in [-0.05, 0) is 20.3 Å². The van der Waals surface area contributed by atoms with Crippen molar-refractivity contribution in [3.63, 3.8) is 0 Å². The minimum atomic E-state index is -0.327. The molecule has 5 heteroatoms. The molecule has 0 unspecified atom stereocenters. The van der Waals surface area contributed by atoms with Crippen molar-refractivity contribution in [2.24, 2.45) is 5.73 Å². The van der Waals surface area contributed by atoms with Crippen LogP contribution < -0.4 is 5.73 Å². The summed E-state index contributed by atoms with van der Waals surface area (Å²) in [6, 6.07) is 0. The second-order valence-electron chi connectivity index (χ2n) is 4.34. The van der Waals surface area contributed by atoms with Crippen LogP contribution in [0.5, 0.6) is 0 Å². The maximum absolute atomic E-state index is 5.76. The molecular weight excluding hydrogens is 194 g/mol. The van der Waals surface area contributed by atoms with Gasteiger partial charge in [-0.3, -0.25) is 0 Å². The first kappa shape index (κ1) is 12.1. The summed E-state index contributed by atoms with van der Waals surface area (Å²) in [7, 11) is 0. The topological polar surface area (TPSA) is 74.2 Å². The molecule has 0 spiro atoms. The summed E-state index contributed by atoms with van der Waals surface area (Å²) in [5.74, 6) is 1.26. The van der Waals surface area contributed by atoms with Crippen molar-refractivity contribution in [1.82, 2.24) is 10.1 Å². The fraction of sp³-hybridized carbons (Fsp3) is 0.800. The third kappa shape index (κ3) is 4.90. The molecule has 0 saturated carbocycles. The Hall–Kier alpha value is -0.940. The number of aryl methyl sites for hydroxylation is 1. The fourth-order valence-corrected chi connectivity index (χ4v) is 1.08. The lowest BCUT2D eigenvalue weighted by Gasteiger charge is -2.17. The molecule has 1 heterocycles. The first-order valence-electron chi connectivity index (χ1n) is 5.19. The second-order valence-corrected chi connectivity index (χ2v) is 4.34. The first-order chi connectivity index (χ1) is 7.01. The number of hydrogen-bond acceptors (Lipinski definition) is 5. The average molecular weight is 213 g/mol. The lowest BCUT2D eigenvalue weighted by molar-refractivity contribution is 0.0674. The van der Waals surface area contributed by atoms with Gasteiger partial charge in [0.1, 0.15) is 6.61 Å². The van der Waals surface area contributed by atoms with Gasteiger partial charge in [-0.25, -0.2) is 0 Å². The zero-order valence-electron chi connectivity index (χ0n) is 9.62. The smallest absolute Gasteiger partial charge is 0.252 e. The molecule has 0 atom stereocenters. The van der Waals surface area contributed by atoms with E-state index in [1.54, 1.807) is 0 Å². The summed E-state index contributed by atoms with van der Waals surface area (Å²) in [4.78, 5) is 4.18. The minimum Gasteiger partial charge on any atom is -0.370 e. The molecule has 1 aromatic rings. The van der Waals surface area contributed by atoms with E-state index in [4.69, 9.17) is 15.0 Å². The van der Waals surface area contributed by atoms with E-state index in [2.05, 4.69) is 17.1 Å². The highest BCUT2D eigenvalue weighted by Gasteiger charge is 2.12. The van der Waals surface area contributed by atoms with Crippen LogP contribution in [0.15, 0.2) is 4.52 Å². The predicted octanol–water partition coefficient (Wildman–Crippen LogP) is 1.28. The molecule has 0 radical (unpaired) electrons. The predicted molar refractivity (Wildman–Crippen MR) is 56.2 cm³/mol. The van der Waals surface area contributed by atoms with E-state index in [1.165, 1.54) is 0 Å². The molecule has 0 saturated heterocycles. The van der Waals surface area contributed by atoms with Crippen LogP contribution in [0.1, 0.15) is 38.9 Å². The summed E-state index contributed by atoms with van der Waals surface area (Å²) < 4.78 is 10.4. The molecule has 0 amide bonds. The SMILES string of the molecule is CCCc1noc(COCC(C)(C)N)n1. The lowest BCUT2D eigenvalue weighted by Crippen LogP contribution is -2.37. The monoisotopic (exact) mass is 213 g/mol. The molecular formula is C10H19N3O2. The number of nitrogens with zero attached hydrogens (tertiary/aromatic N) is 2. The molecule has 0 aromatic carbocycles. The van der Waals surface area contributed by atoms with Crippen LogP contribution in [0.3, 0.4) is 0 Å². The van der Waals surface area contributed by atoms with Gasteiger partial charge in [0, 0.05) is 12.0 Å². The van der Waals surface area contributed by atoms with Crippen LogP contribution >= 0.6 is 0 Å². The Morgan fingerprint density at radius 3 is 2.80 bits per heavy atom. The lowest BCUT2D eigenvalue weighted by atomic mass is 10.1. The van der Waals surface area contributed by atoms with Crippen LogP contribution in [-0.4, -0.2) is 22.3 Å². The van der Waals surface area contributed by atoms with E-state index in [0.29, 0.717) is 19.1 Å². The van der Waals surface area contributed by atoms with Gasteiger partial charge < -0.3 is 15.0 Å².